The molecule has 112 valence electrons. The van der Waals surface area contributed by atoms with Gasteiger partial charge in [0.2, 0.25) is 0 Å². The number of hydrogen-bond donors (Lipinski definition) is 1. The fourth-order valence-corrected chi connectivity index (χ4v) is 2.44. The molecule has 6 heteroatoms. The van der Waals surface area contributed by atoms with Gasteiger partial charge in [0, 0.05) is 0 Å². The smallest absolute Gasteiger partial charge is 0.423 e. The minimum absolute atomic E-state index is 0.117. The molecule has 0 unspecified atom stereocenters. The Morgan fingerprint density at radius 3 is 2.64 bits per heavy atom. The van der Waals surface area contributed by atoms with Crippen LogP contribution in [0.1, 0.15) is 22.3 Å². The molecule has 1 aliphatic rings. The number of benzene rings is 2. The highest BCUT2D eigenvalue weighted by molar-refractivity contribution is 6.61. The Kier molecular flexibility index (Phi) is 3.80. The van der Waals surface area contributed by atoms with Gasteiger partial charge in [-0.2, -0.15) is 13.2 Å². The van der Waals surface area contributed by atoms with Crippen LogP contribution in [-0.2, 0) is 17.4 Å². The highest BCUT2D eigenvalue weighted by Gasteiger charge is 2.32. The van der Waals surface area contributed by atoms with Crippen molar-refractivity contribution in [2.75, 3.05) is 0 Å². The van der Waals surface area contributed by atoms with Crippen molar-refractivity contribution in [3.63, 3.8) is 0 Å². The number of hydrogen-bond acceptors (Lipinski definition) is 2. The molecule has 1 aliphatic heterocycles. The molecular weight excluding hydrogens is 292 g/mol. The minimum Gasteiger partial charge on any atom is -0.423 e. The molecule has 0 amide bonds. The summed E-state index contributed by atoms with van der Waals surface area (Å²) in [5, 5.41) is 9.54. The number of fused-ring (bicyclic) bond motifs is 1. The summed E-state index contributed by atoms with van der Waals surface area (Å²) in [7, 11) is -0.918. The molecule has 0 saturated carbocycles. The van der Waals surface area contributed by atoms with Crippen LogP contribution in [0.4, 0.5) is 13.2 Å². The van der Waals surface area contributed by atoms with Crippen LogP contribution in [0.2, 0.25) is 0 Å². The van der Waals surface area contributed by atoms with Gasteiger partial charge in [0.25, 0.3) is 0 Å². The zero-order valence-electron chi connectivity index (χ0n) is 11.5. The SMILES string of the molecule is OB1OCc2cc(/C=C/c3ccccc3C(F)(F)F)ccc21. The molecule has 0 fully saturated rings. The van der Waals surface area contributed by atoms with Gasteiger partial charge in [-0.1, -0.05) is 42.5 Å². The van der Waals surface area contributed by atoms with Crippen LogP contribution in [0.5, 0.6) is 0 Å². The second-order valence-electron chi connectivity index (χ2n) is 5.04. The van der Waals surface area contributed by atoms with E-state index in [1.807, 2.05) is 0 Å². The molecular formula is C16H12BF3O2. The predicted octanol–water partition coefficient (Wildman–Crippen LogP) is 3.09. The van der Waals surface area contributed by atoms with E-state index in [2.05, 4.69) is 0 Å². The van der Waals surface area contributed by atoms with Crippen molar-refractivity contribution >= 4 is 24.7 Å². The molecule has 1 heterocycles. The summed E-state index contributed by atoms with van der Waals surface area (Å²) < 4.78 is 43.8. The Morgan fingerprint density at radius 2 is 1.86 bits per heavy atom. The standard InChI is InChI=1S/C16H12BF3O2/c18-16(19,20)14-4-2-1-3-12(14)7-5-11-6-8-15-13(9-11)10-22-17(15)21/h1-9,21H,10H2/b7-5+. The quantitative estimate of drug-likeness (QED) is 0.682. The number of alkyl halides is 3. The third-order valence-electron chi connectivity index (χ3n) is 3.55. The average molecular weight is 304 g/mol. The zero-order valence-corrected chi connectivity index (χ0v) is 11.5. The van der Waals surface area contributed by atoms with Gasteiger partial charge in [0.05, 0.1) is 12.2 Å². The largest absolute Gasteiger partial charge is 0.491 e. The van der Waals surface area contributed by atoms with Gasteiger partial charge in [0.1, 0.15) is 0 Å². The van der Waals surface area contributed by atoms with E-state index < -0.39 is 18.9 Å². The Morgan fingerprint density at radius 1 is 1.09 bits per heavy atom. The third-order valence-corrected chi connectivity index (χ3v) is 3.55. The lowest BCUT2D eigenvalue weighted by Crippen LogP contribution is -2.27. The molecule has 0 bridgehead atoms. The molecule has 0 spiro atoms. The van der Waals surface area contributed by atoms with E-state index in [0.717, 1.165) is 17.2 Å². The molecule has 2 aromatic carbocycles. The molecule has 1 N–H and O–H groups in total. The highest BCUT2D eigenvalue weighted by Crippen LogP contribution is 2.32. The van der Waals surface area contributed by atoms with Gasteiger partial charge in [0.15, 0.2) is 0 Å². The van der Waals surface area contributed by atoms with Crippen molar-refractivity contribution in [1.82, 2.24) is 0 Å². The summed E-state index contributed by atoms with van der Waals surface area (Å²) in [6.07, 6.45) is -1.32. The first-order valence-electron chi connectivity index (χ1n) is 6.72. The van der Waals surface area contributed by atoms with E-state index in [-0.39, 0.29) is 5.56 Å². The second-order valence-corrected chi connectivity index (χ2v) is 5.04. The van der Waals surface area contributed by atoms with Gasteiger partial charge in [-0.05, 0) is 34.3 Å². The maximum absolute atomic E-state index is 12.9. The first kappa shape index (κ1) is 14.9. The van der Waals surface area contributed by atoms with Crippen LogP contribution in [0.3, 0.4) is 0 Å². The molecule has 0 aliphatic carbocycles. The Balaban J connectivity index is 1.90. The maximum Gasteiger partial charge on any atom is 0.491 e. The van der Waals surface area contributed by atoms with Crippen molar-refractivity contribution < 1.29 is 22.8 Å². The van der Waals surface area contributed by atoms with Crippen molar-refractivity contribution in [2.24, 2.45) is 0 Å². The van der Waals surface area contributed by atoms with Crippen molar-refractivity contribution in [3.05, 3.63) is 64.7 Å². The zero-order chi connectivity index (χ0) is 15.7. The van der Waals surface area contributed by atoms with Crippen molar-refractivity contribution in [1.29, 1.82) is 0 Å². The highest BCUT2D eigenvalue weighted by atomic mass is 19.4. The normalized spacial score (nSPS) is 14.6. The van der Waals surface area contributed by atoms with Crippen molar-refractivity contribution in [2.45, 2.75) is 12.8 Å². The van der Waals surface area contributed by atoms with Crippen LogP contribution < -0.4 is 5.46 Å². The third kappa shape index (κ3) is 2.93. The van der Waals surface area contributed by atoms with Gasteiger partial charge >= 0.3 is 13.3 Å². The van der Waals surface area contributed by atoms with Crippen LogP contribution >= 0.6 is 0 Å². The lowest BCUT2D eigenvalue weighted by molar-refractivity contribution is -0.137. The van der Waals surface area contributed by atoms with E-state index in [9.17, 15) is 18.2 Å². The molecule has 2 aromatic rings. The lowest BCUT2D eigenvalue weighted by Gasteiger charge is -2.09. The summed E-state index contributed by atoms with van der Waals surface area (Å²) in [4.78, 5) is 0. The predicted molar refractivity (Wildman–Crippen MR) is 79.2 cm³/mol. The van der Waals surface area contributed by atoms with E-state index in [1.54, 1.807) is 30.3 Å². The number of halogens is 3. The summed E-state index contributed by atoms with van der Waals surface area (Å²) >= 11 is 0. The van der Waals surface area contributed by atoms with Gasteiger partial charge in [-0.3, -0.25) is 0 Å². The first-order chi connectivity index (χ1) is 10.4. The molecule has 0 atom stereocenters. The Hall–Kier alpha value is -2.05. The van der Waals surface area contributed by atoms with Gasteiger partial charge < -0.3 is 9.68 Å². The first-order valence-corrected chi connectivity index (χ1v) is 6.72. The summed E-state index contributed by atoms with van der Waals surface area (Å²) in [5.74, 6) is 0. The van der Waals surface area contributed by atoms with Crippen LogP contribution in [-0.4, -0.2) is 12.1 Å². The summed E-state index contributed by atoms with van der Waals surface area (Å²) in [6, 6.07) is 10.7. The van der Waals surface area contributed by atoms with E-state index in [1.165, 1.54) is 18.2 Å². The Labute approximate surface area is 126 Å². The van der Waals surface area contributed by atoms with Gasteiger partial charge in [-0.15, -0.1) is 0 Å². The molecule has 2 nitrogen and oxygen atoms in total. The molecule has 0 aromatic heterocycles. The maximum atomic E-state index is 12.9. The van der Waals surface area contributed by atoms with Crippen LogP contribution in [0.15, 0.2) is 42.5 Å². The van der Waals surface area contributed by atoms with Crippen LogP contribution in [0.25, 0.3) is 12.2 Å². The van der Waals surface area contributed by atoms with Gasteiger partial charge in [-0.25, -0.2) is 0 Å². The summed E-state index contributed by atoms with van der Waals surface area (Å²) in [6.45, 7) is 0.303. The molecule has 3 rings (SSSR count). The number of rotatable bonds is 2. The monoisotopic (exact) mass is 304 g/mol. The van der Waals surface area contributed by atoms with E-state index in [4.69, 9.17) is 4.65 Å². The van der Waals surface area contributed by atoms with Crippen LogP contribution in [0, 0.1) is 0 Å². The fraction of sp³-hybridized carbons (Fsp3) is 0.125. The second kappa shape index (κ2) is 5.63. The fourth-order valence-electron chi connectivity index (χ4n) is 2.44. The molecule has 22 heavy (non-hydrogen) atoms. The lowest BCUT2D eigenvalue weighted by atomic mass is 9.79. The Bertz CT molecular complexity index is 726. The topological polar surface area (TPSA) is 29.5 Å². The average Bonchev–Trinajstić information content (AvgIpc) is 2.85. The molecule has 0 radical (unpaired) electrons. The molecule has 0 saturated heterocycles. The summed E-state index contributed by atoms with van der Waals surface area (Å²) in [5.41, 5.74) is 1.76. The minimum atomic E-state index is -4.38. The van der Waals surface area contributed by atoms with E-state index >= 15 is 0 Å². The van der Waals surface area contributed by atoms with Crippen molar-refractivity contribution in [3.8, 4) is 0 Å². The van der Waals surface area contributed by atoms with E-state index in [0.29, 0.717) is 12.1 Å².